The Balaban J connectivity index is 1.56. The topological polar surface area (TPSA) is 73.1 Å². The van der Waals surface area contributed by atoms with Crippen LogP contribution in [0.5, 0.6) is 11.5 Å². The maximum Gasteiger partial charge on any atom is 0.214 e. The molecule has 6 nitrogen and oxygen atoms in total. The Kier molecular flexibility index (Phi) is 4.99. The molecule has 3 aromatic rings. The van der Waals surface area contributed by atoms with Gasteiger partial charge in [0.15, 0.2) is 0 Å². The monoisotopic (exact) mass is 348 g/mol. The molecule has 23 heavy (non-hydrogen) atoms. The lowest BCUT2D eigenvalue weighted by Crippen LogP contribution is -2.03. The number of phenols is 1. The van der Waals surface area contributed by atoms with E-state index in [1.165, 1.54) is 11.8 Å². The lowest BCUT2D eigenvalue weighted by molar-refractivity contribution is 0.344. The van der Waals surface area contributed by atoms with E-state index < -0.39 is 0 Å². The molecule has 1 heterocycles. The number of rotatable bonds is 6. The van der Waals surface area contributed by atoms with Gasteiger partial charge in [-0.15, -0.1) is 5.10 Å². The van der Waals surface area contributed by atoms with Gasteiger partial charge in [-0.05, 0) is 59.0 Å². The standard InChI is InChI=1S/C15H13ClN4O2S/c16-11-1-7-14(8-2-11)22-9-10-23-15-17-18-19-20(15)12-3-5-13(21)6-4-12/h1-8,21H,9-10H2. The molecule has 0 fully saturated rings. The molecule has 0 aliphatic rings. The van der Waals surface area contributed by atoms with Gasteiger partial charge in [-0.3, -0.25) is 0 Å². The molecule has 3 rings (SSSR count). The van der Waals surface area contributed by atoms with Gasteiger partial charge in [-0.2, -0.15) is 4.68 Å². The number of thioether (sulfide) groups is 1. The fourth-order valence-corrected chi connectivity index (χ4v) is 2.68. The number of nitrogens with zero attached hydrogens (tertiary/aromatic N) is 4. The highest BCUT2D eigenvalue weighted by Crippen LogP contribution is 2.20. The maximum absolute atomic E-state index is 9.33. The number of hydrogen-bond donors (Lipinski definition) is 1. The number of benzene rings is 2. The first-order valence-electron chi connectivity index (χ1n) is 6.81. The van der Waals surface area contributed by atoms with E-state index in [0.29, 0.717) is 22.5 Å². The summed E-state index contributed by atoms with van der Waals surface area (Å²) in [5, 5.41) is 22.3. The predicted molar refractivity (Wildman–Crippen MR) is 88.5 cm³/mol. The number of halogens is 1. The van der Waals surface area contributed by atoms with Gasteiger partial charge in [0.05, 0.1) is 12.3 Å². The summed E-state index contributed by atoms with van der Waals surface area (Å²) in [7, 11) is 0. The van der Waals surface area contributed by atoms with Crippen LogP contribution in [0.4, 0.5) is 0 Å². The Labute approximate surface area is 142 Å². The van der Waals surface area contributed by atoms with Crippen molar-refractivity contribution in [1.29, 1.82) is 0 Å². The Morgan fingerprint density at radius 2 is 1.83 bits per heavy atom. The molecule has 0 bridgehead atoms. The fraction of sp³-hybridized carbons (Fsp3) is 0.133. The van der Waals surface area contributed by atoms with E-state index in [0.717, 1.165) is 11.4 Å². The van der Waals surface area contributed by atoms with Gasteiger partial charge in [-0.25, -0.2) is 0 Å². The Morgan fingerprint density at radius 3 is 2.57 bits per heavy atom. The first-order valence-corrected chi connectivity index (χ1v) is 8.18. The molecular formula is C15H13ClN4O2S. The van der Waals surface area contributed by atoms with Gasteiger partial charge in [0, 0.05) is 10.8 Å². The average molecular weight is 349 g/mol. The van der Waals surface area contributed by atoms with Gasteiger partial charge in [0.2, 0.25) is 5.16 Å². The number of tetrazole rings is 1. The molecule has 1 N–H and O–H groups in total. The normalized spacial score (nSPS) is 10.7. The van der Waals surface area contributed by atoms with Crippen molar-refractivity contribution in [2.45, 2.75) is 5.16 Å². The van der Waals surface area contributed by atoms with Crippen molar-refractivity contribution >= 4 is 23.4 Å². The Hall–Kier alpha value is -2.25. The van der Waals surface area contributed by atoms with Crippen LogP contribution in [0.15, 0.2) is 53.7 Å². The number of aromatic hydroxyl groups is 1. The van der Waals surface area contributed by atoms with Crippen molar-refractivity contribution < 1.29 is 9.84 Å². The van der Waals surface area contributed by atoms with Gasteiger partial charge in [0.1, 0.15) is 11.5 Å². The minimum absolute atomic E-state index is 0.201. The lowest BCUT2D eigenvalue weighted by Gasteiger charge is -2.06. The van der Waals surface area contributed by atoms with Crippen LogP contribution in [-0.2, 0) is 0 Å². The third kappa shape index (κ3) is 4.14. The van der Waals surface area contributed by atoms with Gasteiger partial charge < -0.3 is 9.84 Å². The average Bonchev–Trinajstić information content (AvgIpc) is 3.02. The summed E-state index contributed by atoms with van der Waals surface area (Å²) >= 11 is 7.31. The lowest BCUT2D eigenvalue weighted by atomic mass is 10.3. The van der Waals surface area contributed by atoms with Crippen LogP contribution in [0, 0.1) is 0 Å². The van der Waals surface area contributed by atoms with Gasteiger partial charge in [0.25, 0.3) is 0 Å². The highest BCUT2D eigenvalue weighted by Gasteiger charge is 2.09. The zero-order valence-corrected chi connectivity index (χ0v) is 13.5. The van der Waals surface area contributed by atoms with E-state index in [9.17, 15) is 5.11 Å². The summed E-state index contributed by atoms with van der Waals surface area (Å²) < 4.78 is 7.25. The number of phenolic OH excluding ortho intramolecular Hbond substituents is 1. The molecule has 0 unspecified atom stereocenters. The number of hydrogen-bond acceptors (Lipinski definition) is 6. The minimum atomic E-state index is 0.201. The summed E-state index contributed by atoms with van der Waals surface area (Å²) in [6.07, 6.45) is 0. The second-order valence-corrected chi connectivity index (χ2v) is 6.04. The van der Waals surface area contributed by atoms with Crippen LogP contribution < -0.4 is 4.74 Å². The molecule has 0 spiro atoms. The number of ether oxygens (including phenoxy) is 1. The number of aromatic nitrogens is 4. The van der Waals surface area contributed by atoms with Crippen LogP contribution in [0.3, 0.4) is 0 Å². The molecule has 0 saturated heterocycles. The smallest absolute Gasteiger partial charge is 0.214 e. The second kappa shape index (κ2) is 7.34. The molecule has 118 valence electrons. The molecule has 8 heteroatoms. The van der Waals surface area contributed by atoms with E-state index in [4.69, 9.17) is 16.3 Å². The molecule has 0 atom stereocenters. The van der Waals surface area contributed by atoms with Crippen molar-refractivity contribution in [3.63, 3.8) is 0 Å². The molecular weight excluding hydrogens is 336 g/mol. The molecule has 2 aromatic carbocycles. The predicted octanol–water partition coefficient (Wildman–Crippen LogP) is 3.19. The van der Waals surface area contributed by atoms with E-state index >= 15 is 0 Å². The summed E-state index contributed by atoms with van der Waals surface area (Å²) in [4.78, 5) is 0. The van der Waals surface area contributed by atoms with Crippen LogP contribution >= 0.6 is 23.4 Å². The molecule has 0 aliphatic heterocycles. The van der Waals surface area contributed by atoms with Crippen molar-refractivity contribution in [1.82, 2.24) is 20.2 Å². The van der Waals surface area contributed by atoms with E-state index in [1.54, 1.807) is 41.1 Å². The molecule has 0 saturated carbocycles. The third-order valence-electron chi connectivity index (χ3n) is 2.93. The molecule has 0 aliphatic carbocycles. The fourth-order valence-electron chi connectivity index (χ4n) is 1.85. The molecule has 1 aromatic heterocycles. The highest BCUT2D eigenvalue weighted by molar-refractivity contribution is 7.99. The first kappa shape index (κ1) is 15.6. The molecule has 0 radical (unpaired) electrons. The summed E-state index contributed by atoms with van der Waals surface area (Å²) in [6.45, 7) is 0.523. The third-order valence-corrected chi connectivity index (χ3v) is 4.07. The van der Waals surface area contributed by atoms with Crippen molar-refractivity contribution in [3.8, 4) is 17.2 Å². The zero-order chi connectivity index (χ0) is 16.1. The first-order chi connectivity index (χ1) is 11.2. The van der Waals surface area contributed by atoms with Gasteiger partial charge in [-0.1, -0.05) is 23.4 Å². The van der Waals surface area contributed by atoms with Crippen molar-refractivity contribution in [2.24, 2.45) is 0 Å². The summed E-state index contributed by atoms with van der Waals surface area (Å²) in [5.74, 6) is 1.67. The minimum Gasteiger partial charge on any atom is -0.508 e. The van der Waals surface area contributed by atoms with E-state index in [-0.39, 0.29) is 5.75 Å². The van der Waals surface area contributed by atoms with Crippen molar-refractivity contribution in [2.75, 3.05) is 12.4 Å². The second-order valence-electron chi connectivity index (χ2n) is 4.54. The largest absolute Gasteiger partial charge is 0.508 e. The summed E-state index contributed by atoms with van der Waals surface area (Å²) in [6, 6.07) is 13.9. The Bertz CT molecular complexity index is 762. The van der Waals surface area contributed by atoms with Crippen LogP contribution in [0.2, 0.25) is 5.02 Å². The Morgan fingerprint density at radius 1 is 1.09 bits per heavy atom. The van der Waals surface area contributed by atoms with Crippen LogP contribution in [0.25, 0.3) is 5.69 Å². The zero-order valence-electron chi connectivity index (χ0n) is 12.0. The van der Waals surface area contributed by atoms with Crippen LogP contribution in [0.1, 0.15) is 0 Å². The quantitative estimate of drug-likeness (QED) is 0.544. The van der Waals surface area contributed by atoms with Gasteiger partial charge >= 0.3 is 0 Å². The highest BCUT2D eigenvalue weighted by atomic mass is 35.5. The maximum atomic E-state index is 9.33. The summed E-state index contributed by atoms with van der Waals surface area (Å²) in [5.41, 5.74) is 0.786. The van der Waals surface area contributed by atoms with Crippen LogP contribution in [-0.4, -0.2) is 37.7 Å². The van der Waals surface area contributed by atoms with E-state index in [2.05, 4.69) is 15.5 Å². The molecule has 0 amide bonds. The van der Waals surface area contributed by atoms with Crippen molar-refractivity contribution in [3.05, 3.63) is 53.6 Å². The van der Waals surface area contributed by atoms with E-state index in [1.807, 2.05) is 12.1 Å². The SMILES string of the molecule is Oc1ccc(-n2nnnc2SCCOc2ccc(Cl)cc2)cc1.